The number of carbonyl (C=O) groups excluding carboxylic acids is 1. The standard InChI is InChI=1S/C11H21N3O2S/c1-2-9(10(12)14-16)11(15)13-7-8-3-5-17-6-4-8/h8-9,16H,2-7H2,1H3,(H2,12,14)(H,13,15). The van der Waals surface area contributed by atoms with Crippen LogP contribution in [0.25, 0.3) is 0 Å². The van der Waals surface area contributed by atoms with Crippen molar-refractivity contribution in [1.29, 1.82) is 0 Å². The normalized spacial score (nSPS) is 19.9. The van der Waals surface area contributed by atoms with Crippen LogP contribution in [0.4, 0.5) is 0 Å². The third-order valence-corrected chi connectivity index (χ3v) is 4.15. The summed E-state index contributed by atoms with van der Waals surface area (Å²) >= 11 is 1.97. The van der Waals surface area contributed by atoms with Crippen LogP contribution in [0.5, 0.6) is 0 Å². The molecule has 1 saturated heterocycles. The molecule has 0 aromatic heterocycles. The summed E-state index contributed by atoms with van der Waals surface area (Å²) in [5, 5.41) is 14.4. The van der Waals surface area contributed by atoms with Crippen molar-refractivity contribution in [2.24, 2.45) is 22.7 Å². The van der Waals surface area contributed by atoms with Crippen LogP contribution >= 0.6 is 11.8 Å². The number of amidine groups is 1. The molecule has 0 radical (unpaired) electrons. The molecule has 5 nitrogen and oxygen atoms in total. The lowest BCUT2D eigenvalue weighted by Crippen LogP contribution is -2.40. The molecule has 6 heteroatoms. The second-order valence-corrected chi connectivity index (χ2v) is 5.51. The van der Waals surface area contributed by atoms with Crippen LogP contribution in [-0.2, 0) is 4.79 Å². The van der Waals surface area contributed by atoms with Gasteiger partial charge in [0.1, 0.15) is 0 Å². The summed E-state index contributed by atoms with van der Waals surface area (Å²) in [6, 6.07) is 0. The van der Waals surface area contributed by atoms with Gasteiger partial charge in [-0.25, -0.2) is 0 Å². The zero-order valence-electron chi connectivity index (χ0n) is 10.2. The van der Waals surface area contributed by atoms with Crippen LogP contribution in [0.3, 0.4) is 0 Å². The summed E-state index contributed by atoms with van der Waals surface area (Å²) in [6.45, 7) is 2.55. The largest absolute Gasteiger partial charge is 0.409 e. The van der Waals surface area contributed by atoms with Crippen molar-refractivity contribution in [2.45, 2.75) is 26.2 Å². The number of hydrogen-bond acceptors (Lipinski definition) is 4. The van der Waals surface area contributed by atoms with Gasteiger partial charge < -0.3 is 16.3 Å². The Morgan fingerprint density at radius 2 is 2.24 bits per heavy atom. The van der Waals surface area contributed by atoms with E-state index in [1.807, 2.05) is 18.7 Å². The Kier molecular flexibility index (Phi) is 6.18. The minimum Gasteiger partial charge on any atom is -0.409 e. The van der Waals surface area contributed by atoms with E-state index in [4.69, 9.17) is 10.9 Å². The number of thioether (sulfide) groups is 1. The van der Waals surface area contributed by atoms with Gasteiger partial charge in [0.25, 0.3) is 0 Å². The van der Waals surface area contributed by atoms with Gasteiger partial charge in [-0.3, -0.25) is 4.79 Å². The molecule has 1 amide bonds. The summed E-state index contributed by atoms with van der Waals surface area (Å²) in [5.74, 6) is 2.27. The molecule has 1 rings (SSSR count). The molecule has 17 heavy (non-hydrogen) atoms. The third-order valence-electron chi connectivity index (χ3n) is 3.10. The second-order valence-electron chi connectivity index (χ2n) is 4.29. The maximum absolute atomic E-state index is 11.8. The molecule has 4 N–H and O–H groups in total. The first-order chi connectivity index (χ1) is 8.19. The van der Waals surface area contributed by atoms with E-state index in [1.54, 1.807) is 0 Å². The van der Waals surface area contributed by atoms with E-state index in [1.165, 1.54) is 11.5 Å². The third kappa shape index (κ3) is 4.46. The fourth-order valence-electron chi connectivity index (χ4n) is 1.92. The summed E-state index contributed by atoms with van der Waals surface area (Å²) in [6.07, 6.45) is 2.86. The minimum atomic E-state index is -0.516. The zero-order valence-corrected chi connectivity index (χ0v) is 11.0. The van der Waals surface area contributed by atoms with E-state index in [9.17, 15) is 4.79 Å². The summed E-state index contributed by atoms with van der Waals surface area (Å²) < 4.78 is 0. The first-order valence-corrected chi connectivity index (χ1v) is 7.17. The van der Waals surface area contributed by atoms with Crippen LogP contribution in [-0.4, -0.2) is 35.0 Å². The zero-order chi connectivity index (χ0) is 12.7. The smallest absolute Gasteiger partial charge is 0.230 e. The highest BCUT2D eigenvalue weighted by Crippen LogP contribution is 2.21. The van der Waals surface area contributed by atoms with Gasteiger partial charge in [0, 0.05) is 6.54 Å². The van der Waals surface area contributed by atoms with Crippen LogP contribution in [0.2, 0.25) is 0 Å². The fourth-order valence-corrected chi connectivity index (χ4v) is 3.12. The van der Waals surface area contributed by atoms with E-state index >= 15 is 0 Å². The highest BCUT2D eigenvalue weighted by atomic mass is 32.2. The van der Waals surface area contributed by atoms with Crippen LogP contribution in [0, 0.1) is 11.8 Å². The lowest BCUT2D eigenvalue weighted by molar-refractivity contribution is -0.123. The summed E-state index contributed by atoms with van der Waals surface area (Å²) in [5.41, 5.74) is 5.47. The number of nitrogens with zero attached hydrogens (tertiary/aromatic N) is 1. The Bertz CT molecular complexity index is 278. The molecule has 0 bridgehead atoms. The monoisotopic (exact) mass is 259 g/mol. The maximum Gasteiger partial charge on any atom is 0.230 e. The van der Waals surface area contributed by atoms with Crippen molar-refractivity contribution in [1.82, 2.24) is 5.32 Å². The lowest BCUT2D eigenvalue weighted by atomic mass is 10.0. The molecule has 1 heterocycles. The van der Waals surface area contributed by atoms with Gasteiger partial charge in [-0.15, -0.1) is 0 Å². The number of hydrogen-bond donors (Lipinski definition) is 3. The number of amides is 1. The molecule has 0 saturated carbocycles. The highest BCUT2D eigenvalue weighted by molar-refractivity contribution is 7.99. The molecule has 1 aliphatic rings. The minimum absolute atomic E-state index is 0.0100. The number of rotatable bonds is 5. The van der Waals surface area contributed by atoms with Gasteiger partial charge >= 0.3 is 0 Å². The molecule has 1 fully saturated rings. The number of nitrogens with two attached hydrogens (primary N) is 1. The van der Waals surface area contributed by atoms with Crippen molar-refractivity contribution in [3.63, 3.8) is 0 Å². The Morgan fingerprint density at radius 3 is 2.76 bits per heavy atom. The van der Waals surface area contributed by atoms with Gasteiger partial charge in [0.15, 0.2) is 5.84 Å². The Labute approximate surface area is 106 Å². The van der Waals surface area contributed by atoms with Gasteiger partial charge in [-0.05, 0) is 36.7 Å². The molecule has 0 spiro atoms. The van der Waals surface area contributed by atoms with Gasteiger partial charge in [-0.2, -0.15) is 11.8 Å². The maximum atomic E-state index is 11.8. The van der Waals surface area contributed by atoms with E-state index in [-0.39, 0.29) is 11.7 Å². The molecular weight excluding hydrogens is 238 g/mol. The Balaban J connectivity index is 2.36. The van der Waals surface area contributed by atoms with E-state index < -0.39 is 5.92 Å². The van der Waals surface area contributed by atoms with E-state index in [2.05, 4.69) is 10.5 Å². The number of carbonyl (C=O) groups is 1. The SMILES string of the molecule is CCC(C(=O)NCC1CCSCC1)C(N)=NO. The van der Waals surface area contributed by atoms with E-state index in [0.717, 1.165) is 12.8 Å². The Hall–Kier alpha value is -0.910. The predicted molar refractivity (Wildman–Crippen MR) is 70.2 cm³/mol. The van der Waals surface area contributed by atoms with Gasteiger partial charge in [-0.1, -0.05) is 12.1 Å². The number of oxime groups is 1. The molecule has 0 aromatic rings. The average Bonchev–Trinajstić information content (AvgIpc) is 2.38. The van der Waals surface area contributed by atoms with Crippen molar-refractivity contribution >= 4 is 23.5 Å². The second kappa shape index (κ2) is 7.42. The van der Waals surface area contributed by atoms with E-state index in [0.29, 0.717) is 18.9 Å². The van der Waals surface area contributed by atoms with Gasteiger partial charge in [0.2, 0.25) is 5.91 Å². The van der Waals surface area contributed by atoms with Crippen molar-refractivity contribution < 1.29 is 10.0 Å². The molecule has 1 unspecified atom stereocenters. The quantitative estimate of drug-likeness (QED) is 0.298. The Morgan fingerprint density at radius 1 is 1.59 bits per heavy atom. The van der Waals surface area contributed by atoms with Crippen LogP contribution < -0.4 is 11.1 Å². The average molecular weight is 259 g/mol. The molecule has 0 aromatic carbocycles. The molecule has 98 valence electrons. The molecular formula is C11H21N3O2S. The fraction of sp³-hybridized carbons (Fsp3) is 0.818. The van der Waals surface area contributed by atoms with Crippen molar-refractivity contribution in [3.05, 3.63) is 0 Å². The number of nitrogens with one attached hydrogen (secondary N) is 1. The topological polar surface area (TPSA) is 87.7 Å². The highest BCUT2D eigenvalue weighted by Gasteiger charge is 2.22. The van der Waals surface area contributed by atoms with Crippen LogP contribution in [0.15, 0.2) is 5.16 Å². The first-order valence-electron chi connectivity index (χ1n) is 6.01. The van der Waals surface area contributed by atoms with Crippen molar-refractivity contribution in [2.75, 3.05) is 18.1 Å². The van der Waals surface area contributed by atoms with Gasteiger partial charge in [0.05, 0.1) is 5.92 Å². The summed E-state index contributed by atoms with van der Waals surface area (Å²) in [4.78, 5) is 11.8. The summed E-state index contributed by atoms with van der Waals surface area (Å²) in [7, 11) is 0. The first kappa shape index (κ1) is 14.2. The van der Waals surface area contributed by atoms with Crippen LogP contribution in [0.1, 0.15) is 26.2 Å². The molecule has 1 atom stereocenters. The lowest BCUT2D eigenvalue weighted by Gasteiger charge is -2.22. The molecule has 0 aliphatic carbocycles. The van der Waals surface area contributed by atoms with Crippen molar-refractivity contribution in [3.8, 4) is 0 Å². The molecule has 1 aliphatic heterocycles. The predicted octanol–water partition coefficient (Wildman–Crippen LogP) is 1.02.